The molecule has 0 spiro atoms. The summed E-state index contributed by atoms with van der Waals surface area (Å²) in [7, 11) is 0. The number of anilines is 1. The fourth-order valence-corrected chi connectivity index (χ4v) is 2.54. The lowest BCUT2D eigenvalue weighted by molar-refractivity contribution is -0.116. The first-order valence-electron chi connectivity index (χ1n) is 5.69. The molecule has 3 nitrogen and oxygen atoms in total. The van der Waals surface area contributed by atoms with Crippen LogP contribution < -0.4 is 11.1 Å². The van der Waals surface area contributed by atoms with E-state index in [4.69, 9.17) is 17.3 Å². The van der Waals surface area contributed by atoms with E-state index < -0.39 is 0 Å². The molecule has 2 rings (SSSR count). The van der Waals surface area contributed by atoms with Crippen LogP contribution in [0.4, 0.5) is 5.69 Å². The molecule has 1 aromatic carbocycles. The first-order valence-corrected chi connectivity index (χ1v) is 6.88. The van der Waals surface area contributed by atoms with E-state index in [-0.39, 0.29) is 5.91 Å². The summed E-state index contributed by atoms with van der Waals surface area (Å²) in [6.07, 6.45) is 3.22. The Bertz CT molecular complexity index is 607. The van der Waals surface area contributed by atoms with Crippen molar-refractivity contribution < 1.29 is 4.79 Å². The molecule has 1 heterocycles. The van der Waals surface area contributed by atoms with Gasteiger partial charge in [0.05, 0.1) is 10.9 Å². The number of benzene rings is 1. The highest BCUT2D eigenvalue weighted by Gasteiger charge is 2.00. The van der Waals surface area contributed by atoms with Crippen LogP contribution in [-0.2, 0) is 11.3 Å². The van der Waals surface area contributed by atoms with Crippen molar-refractivity contribution in [3.8, 4) is 0 Å². The molecule has 0 saturated carbocycles. The Hall–Kier alpha value is -1.78. The van der Waals surface area contributed by atoms with Crippen LogP contribution in [0.3, 0.4) is 0 Å². The number of carbonyl (C=O) groups is 1. The minimum absolute atomic E-state index is 0.146. The molecule has 19 heavy (non-hydrogen) atoms. The Morgan fingerprint density at radius 1 is 1.37 bits per heavy atom. The van der Waals surface area contributed by atoms with E-state index in [1.54, 1.807) is 12.1 Å². The van der Waals surface area contributed by atoms with Crippen molar-refractivity contribution in [1.82, 2.24) is 5.32 Å². The van der Waals surface area contributed by atoms with Crippen LogP contribution in [0.1, 0.15) is 10.4 Å². The van der Waals surface area contributed by atoms with Crippen molar-refractivity contribution >= 4 is 40.6 Å². The molecule has 0 aliphatic carbocycles. The normalized spacial score (nSPS) is 10.8. The number of amides is 1. The van der Waals surface area contributed by atoms with Crippen LogP contribution in [-0.4, -0.2) is 5.91 Å². The van der Waals surface area contributed by atoms with Gasteiger partial charge in [0, 0.05) is 16.6 Å². The molecule has 98 valence electrons. The first-order chi connectivity index (χ1) is 9.13. The highest BCUT2D eigenvalue weighted by atomic mass is 35.5. The van der Waals surface area contributed by atoms with Crippen LogP contribution in [0.5, 0.6) is 0 Å². The Labute approximate surface area is 120 Å². The molecule has 0 bridgehead atoms. The van der Waals surface area contributed by atoms with Gasteiger partial charge in [-0.1, -0.05) is 23.7 Å². The summed E-state index contributed by atoms with van der Waals surface area (Å²) in [5, 5.41) is 2.79. The van der Waals surface area contributed by atoms with Gasteiger partial charge in [0.1, 0.15) is 0 Å². The summed E-state index contributed by atoms with van der Waals surface area (Å²) in [6.45, 7) is 0.484. The van der Waals surface area contributed by atoms with Gasteiger partial charge < -0.3 is 11.1 Å². The lowest BCUT2D eigenvalue weighted by atomic mass is 10.2. The molecule has 0 atom stereocenters. The standard InChI is InChI=1S/C14H13ClN2OS/c15-13-6-5-12(19-13)9-17-14(18)7-4-10-2-1-3-11(16)8-10/h1-8H,9,16H2,(H,17,18)/b7-4+. The predicted octanol–water partition coefficient (Wildman–Crippen LogP) is 3.31. The quantitative estimate of drug-likeness (QED) is 0.671. The second-order valence-corrected chi connectivity index (χ2v) is 5.73. The zero-order valence-electron chi connectivity index (χ0n) is 10.1. The second-order valence-electron chi connectivity index (χ2n) is 3.93. The highest BCUT2D eigenvalue weighted by molar-refractivity contribution is 7.16. The van der Waals surface area contributed by atoms with E-state index in [0.29, 0.717) is 12.2 Å². The summed E-state index contributed by atoms with van der Waals surface area (Å²) < 4.78 is 0.722. The van der Waals surface area contributed by atoms with Gasteiger partial charge in [0.25, 0.3) is 0 Å². The predicted molar refractivity (Wildman–Crippen MR) is 81.1 cm³/mol. The number of nitrogens with one attached hydrogen (secondary N) is 1. The SMILES string of the molecule is Nc1cccc(/C=C/C(=O)NCc2ccc(Cl)s2)c1. The van der Waals surface area contributed by atoms with Crippen LogP contribution in [0.25, 0.3) is 6.08 Å². The van der Waals surface area contributed by atoms with Gasteiger partial charge in [-0.15, -0.1) is 11.3 Å². The van der Waals surface area contributed by atoms with Crippen molar-refractivity contribution in [2.45, 2.75) is 6.54 Å². The summed E-state index contributed by atoms with van der Waals surface area (Å²) >= 11 is 7.27. The maximum atomic E-state index is 11.6. The van der Waals surface area contributed by atoms with E-state index in [1.165, 1.54) is 17.4 Å². The van der Waals surface area contributed by atoms with E-state index >= 15 is 0 Å². The van der Waals surface area contributed by atoms with E-state index in [0.717, 1.165) is 14.8 Å². The Balaban J connectivity index is 1.87. The average Bonchev–Trinajstić information content (AvgIpc) is 2.80. The van der Waals surface area contributed by atoms with Crippen LogP contribution >= 0.6 is 22.9 Å². The molecule has 0 fully saturated rings. The number of hydrogen-bond acceptors (Lipinski definition) is 3. The molecule has 1 amide bonds. The maximum absolute atomic E-state index is 11.6. The highest BCUT2D eigenvalue weighted by Crippen LogP contribution is 2.20. The van der Waals surface area contributed by atoms with Gasteiger partial charge in [-0.2, -0.15) is 0 Å². The van der Waals surface area contributed by atoms with Gasteiger partial charge >= 0.3 is 0 Å². The van der Waals surface area contributed by atoms with E-state index in [9.17, 15) is 4.79 Å². The zero-order valence-corrected chi connectivity index (χ0v) is 11.7. The Morgan fingerprint density at radius 3 is 2.89 bits per heavy atom. The minimum atomic E-state index is -0.146. The van der Waals surface area contributed by atoms with Gasteiger partial charge in [-0.25, -0.2) is 0 Å². The number of halogens is 1. The summed E-state index contributed by atoms with van der Waals surface area (Å²) in [6, 6.07) is 11.1. The molecule has 1 aromatic heterocycles. The molecule has 5 heteroatoms. The molecular weight excluding hydrogens is 280 g/mol. The zero-order chi connectivity index (χ0) is 13.7. The third-order valence-corrected chi connectivity index (χ3v) is 3.63. The number of hydrogen-bond donors (Lipinski definition) is 2. The van der Waals surface area contributed by atoms with Crippen LogP contribution in [0.2, 0.25) is 4.34 Å². The van der Waals surface area contributed by atoms with E-state index in [2.05, 4.69) is 5.32 Å². The smallest absolute Gasteiger partial charge is 0.244 e. The molecule has 0 aliphatic heterocycles. The van der Waals surface area contributed by atoms with Crippen LogP contribution in [0.15, 0.2) is 42.5 Å². The van der Waals surface area contributed by atoms with Gasteiger partial charge in [0.15, 0.2) is 0 Å². The molecule has 0 radical (unpaired) electrons. The number of rotatable bonds is 4. The summed E-state index contributed by atoms with van der Waals surface area (Å²) in [5.41, 5.74) is 7.23. The molecule has 3 N–H and O–H groups in total. The summed E-state index contributed by atoms with van der Waals surface area (Å²) in [4.78, 5) is 12.6. The van der Waals surface area contributed by atoms with Crippen molar-refractivity contribution in [1.29, 1.82) is 0 Å². The topological polar surface area (TPSA) is 55.1 Å². The molecule has 0 aliphatic rings. The fourth-order valence-electron chi connectivity index (χ4n) is 1.51. The second kappa shape index (κ2) is 6.41. The number of carbonyl (C=O) groups excluding carboxylic acids is 1. The molecule has 0 saturated heterocycles. The minimum Gasteiger partial charge on any atom is -0.399 e. The van der Waals surface area contributed by atoms with Crippen molar-refractivity contribution in [3.05, 3.63) is 57.3 Å². The van der Waals surface area contributed by atoms with Crippen molar-refractivity contribution in [2.75, 3.05) is 5.73 Å². The number of nitrogen functional groups attached to an aromatic ring is 1. The molecular formula is C14H13ClN2OS. The molecule has 0 unspecified atom stereocenters. The Morgan fingerprint density at radius 2 is 2.21 bits per heavy atom. The van der Waals surface area contributed by atoms with Gasteiger partial charge in [-0.3, -0.25) is 4.79 Å². The lowest BCUT2D eigenvalue weighted by Crippen LogP contribution is -2.19. The molecule has 2 aromatic rings. The first kappa shape index (κ1) is 13.6. The third kappa shape index (κ3) is 4.43. The summed E-state index contributed by atoms with van der Waals surface area (Å²) in [5.74, 6) is -0.146. The van der Waals surface area contributed by atoms with Crippen molar-refractivity contribution in [2.24, 2.45) is 0 Å². The monoisotopic (exact) mass is 292 g/mol. The Kier molecular flexibility index (Phi) is 4.60. The fraction of sp³-hybridized carbons (Fsp3) is 0.0714. The average molecular weight is 293 g/mol. The number of nitrogens with two attached hydrogens (primary N) is 1. The van der Waals surface area contributed by atoms with Gasteiger partial charge in [-0.05, 0) is 35.9 Å². The largest absolute Gasteiger partial charge is 0.399 e. The third-order valence-electron chi connectivity index (χ3n) is 2.40. The lowest BCUT2D eigenvalue weighted by Gasteiger charge is -1.99. The van der Waals surface area contributed by atoms with Gasteiger partial charge in [0.2, 0.25) is 5.91 Å². The van der Waals surface area contributed by atoms with E-state index in [1.807, 2.05) is 30.3 Å². The van der Waals surface area contributed by atoms with Crippen LogP contribution in [0, 0.1) is 0 Å². The maximum Gasteiger partial charge on any atom is 0.244 e. The van der Waals surface area contributed by atoms with Crippen molar-refractivity contribution in [3.63, 3.8) is 0 Å². The number of thiophene rings is 1.